The topological polar surface area (TPSA) is 201 Å². The first kappa shape index (κ1) is 23.7. The fourth-order valence-corrected chi connectivity index (χ4v) is 3.99. The zero-order valence-corrected chi connectivity index (χ0v) is 17.0. The van der Waals surface area contributed by atoms with Gasteiger partial charge < -0.3 is 0 Å². The van der Waals surface area contributed by atoms with Crippen molar-refractivity contribution in [2.45, 2.75) is 0 Å². The van der Waals surface area contributed by atoms with Crippen molar-refractivity contribution in [3.63, 3.8) is 0 Å². The van der Waals surface area contributed by atoms with Crippen LogP contribution < -0.4 is 8.70 Å². The molecule has 152 valence electrons. The van der Waals surface area contributed by atoms with Gasteiger partial charge in [0.25, 0.3) is 0 Å². The van der Waals surface area contributed by atoms with E-state index in [1.807, 2.05) is 0 Å². The average Bonchev–Trinajstić information content (AvgIpc) is 2.53. The minimum atomic E-state index is -5.19. The Morgan fingerprint density at radius 1 is 0.714 bits per heavy atom. The molecule has 0 amide bonds. The molecule has 0 atom stereocenters. The summed E-state index contributed by atoms with van der Waals surface area (Å²) in [5.74, 6) is -2.24. The molecule has 28 heavy (non-hydrogen) atoms. The van der Waals surface area contributed by atoms with Crippen molar-refractivity contribution in [3.05, 3.63) is 68.3 Å². The molecule has 0 heterocycles. The predicted octanol–water partition coefficient (Wildman–Crippen LogP) is -1.41. The number of nitro benzene ring substituents is 2. The maximum absolute atomic E-state index is 12.7. The van der Waals surface area contributed by atoms with E-state index in [-0.39, 0.29) is 0 Å². The Morgan fingerprint density at radius 2 is 1.00 bits per heavy atom. The Kier molecular flexibility index (Phi) is 7.43. The first-order valence-corrected chi connectivity index (χ1v) is 13.4. The van der Waals surface area contributed by atoms with Crippen molar-refractivity contribution in [2.24, 2.45) is 0 Å². The summed E-state index contributed by atoms with van der Waals surface area (Å²) in [4.78, 5) is 18.4. The SMILES string of the molecule is O=[N+]([O-])c1cc([As](=O)(O)O)ccc1F.O=[N+]([O-])c1cc([As](=O)(O)O)ccc1F. The van der Waals surface area contributed by atoms with E-state index in [0.29, 0.717) is 24.3 Å². The Hall–Kier alpha value is -2.34. The number of nitro groups is 2. The fraction of sp³-hybridized carbons (Fsp3) is 0. The van der Waals surface area contributed by atoms with Gasteiger partial charge in [0.15, 0.2) is 0 Å². The molecular weight excluding hydrogens is 520 g/mol. The molecule has 12 nitrogen and oxygen atoms in total. The molecule has 0 saturated carbocycles. The van der Waals surface area contributed by atoms with Gasteiger partial charge >= 0.3 is 159 Å². The number of benzene rings is 2. The molecule has 0 bridgehead atoms. The maximum atomic E-state index is 12.7. The van der Waals surface area contributed by atoms with E-state index in [1.165, 1.54) is 0 Å². The van der Waals surface area contributed by atoms with Crippen LogP contribution in [0.1, 0.15) is 0 Å². The number of hydrogen-bond donors (Lipinski definition) is 4. The monoisotopic (exact) mass is 530 g/mol. The van der Waals surface area contributed by atoms with Crippen molar-refractivity contribution in [2.75, 3.05) is 0 Å². The first-order valence-electron chi connectivity index (χ1n) is 6.64. The van der Waals surface area contributed by atoms with Crippen LogP contribution in [0.5, 0.6) is 0 Å². The summed E-state index contributed by atoms with van der Waals surface area (Å²) < 4.78 is 80.7. The molecule has 0 radical (unpaired) electrons. The molecule has 0 aliphatic carbocycles. The van der Waals surface area contributed by atoms with E-state index in [4.69, 9.17) is 16.4 Å². The van der Waals surface area contributed by atoms with Gasteiger partial charge in [-0.1, -0.05) is 0 Å². The molecule has 0 aliphatic rings. The zero-order chi connectivity index (χ0) is 21.9. The summed E-state index contributed by atoms with van der Waals surface area (Å²) in [6.45, 7) is 0. The number of nitrogens with zero attached hydrogens (tertiary/aromatic N) is 2. The Morgan fingerprint density at radius 3 is 1.21 bits per heavy atom. The van der Waals surface area contributed by atoms with Gasteiger partial charge in [-0.3, -0.25) is 0 Å². The summed E-state index contributed by atoms with van der Waals surface area (Å²) in [6, 6.07) is 4.09. The molecule has 0 spiro atoms. The van der Waals surface area contributed by atoms with Crippen LogP contribution in [0.15, 0.2) is 36.4 Å². The Balaban J connectivity index is 0.000000280. The summed E-state index contributed by atoms with van der Waals surface area (Å²) in [5.41, 5.74) is -1.88. The van der Waals surface area contributed by atoms with E-state index in [1.54, 1.807) is 0 Å². The molecule has 2 aromatic rings. The number of hydrogen-bond acceptors (Lipinski definition) is 6. The first-order chi connectivity index (χ1) is 12.6. The van der Waals surface area contributed by atoms with Gasteiger partial charge in [0, 0.05) is 0 Å². The van der Waals surface area contributed by atoms with Crippen molar-refractivity contribution in [1.82, 2.24) is 0 Å². The fourth-order valence-electron chi connectivity index (χ4n) is 1.64. The predicted molar refractivity (Wildman–Crippen MR) is 87.1 cm³/mol. The standard InChI is InChI=1S/2C6H5AsFNO5/c2*8-5-2-1-4(7(10,11)12)3-6(5)9(13)14/h2*1-3H,(H2,10,11,12). The number of rotatable bonds is 4. The van der Waals surface area contributed by atoms with Gasteiger partial charge in [0.1, 0.15) is 0 Å². The molecule has 4 N–H and O–H groups in total. The van der Waals surface area contributed by atoms with Crippen LogP contribution in [0.4, 0.5) is 20.2 Å². The van der Waals surface area contributed by atoms with Crippen molar-refractivity contribution >= 4 is 48.4 Å². The molecule has 0 aromatic heterocycles. The molecule has 0 saturated heterocycles. The summed E-state index contributed by atoms with van der Waals surface area (Å²) in [5, 5.41) is 20.4. The zero-order valence-electron chi connectivity index (χ0n) is 13.2. The quantitative estimate of drug-likeness (QED) is 0.207. The Labute approximate surface area is 159 Å². The van der Waals surface area contributed by atoms with Crippen molar-refractivity contribution < 1.29 is 42.5 Å². The molecule has 2 rings (SSSR count). The number of halogens is 2. The van der Waals surface area contributed by atoms with Gasteiger partial charge in [0.05, 0.1) is 0 Å². The van der Waals surface area contributed by atoms with Gasteiger partial charge in [0.2, 0.25) is 0 Å². The molecule has 16 heteroatoms. The molecular formula is C12H10As2F2N2O10. The van der Waals surface area contributed by atoms with Crippen molar-refractivity contribution in [3.8, 4) is 0 Å². The van der Waals surface area contributed by atoms with Crippen LogP contribution in [-0.2, 0) is 7.48 Å². The normalized spacial score (nSPS) is 11.4. The summed E-state index contributed by atoms with van der Waals surface area (Å²) >= 11 is -10.4. The second-order valence-corrected chi connectivity index (χ2v) is 11.6. The van der Waals surface area contributed by atoms with Crippen molar-refractivity contribution in [1.29, 1.82) is 0 Å². The molecule has 2 aromatic carbocycles. The van der Waals surface area contributed by atoms with Crippen LogP contribution in [0.3, 0.4) is 0 Å². The molecule has 0 fully saturated rings. The Bertz CT molecular complexity index is 938. The van der Waals surface area contributed by atoms with E-state index in [2.05, 4.69) is 0 Å². The van der Waals surface area contributed by atoms with E-state index in [9.17, 15) is 36.5 Å². The van der Waals surface area contributed by atoms with Gasteiger partial charge in [-0.05, 0) is 0 Å². The third-order valence-corrected chi connectivity index (χ3v) is 6.92. The van der Waals surface area contributed by atoms with Crippen LogP contribution in [0, 0.1) is 31.9 Å². The third kappa shape index (κ3) is 6.37. The van der Waals surface area contributed by atoms with Crippen LogP contribution in [0.2, 0.25) is 0 Å². The van der Waals surface area contributed by atoms with Crippen LogP contribution >= 0.6 is 0 Å². The second-order valence-electron chi connectivity index (χ2n) is 4.87. The second kappa shape index (κ2) is 8.77. The average molecular weight is 530 g/mol. The van der Waals surface area contributed by atoms with Gasteiger partial charge in [-0.25, -0.2) is 0 Å². The third-order valence-electron chi connectivity index (χ3n) is 2.93. The van der Waals surface area contributed by atoms with Gasteiger partial charge in [-0.15, -0.1) is 0 Å². The van der Waals surface area contributed by atoms with E-state index >= 15 is 0 Å². The van der Waals surface area contributed by atoms with E-state index in [0.717, 1.165) is 12.1 Å². The van der Waals surface area contributed by atoms with Crippen LogP contribution in [0.25, 0.3) is 0 Å². The summed E-state index contributed by atoms with van der Waals surface area (Å²) in [6.07, 6.45) is 0. The minimum absolute atomic E-state index is 0.517. The molecule has 0 aliphatic heterocycles. The van der Waals surface area contributed by atoms with E-state index < -0.39 is 69.9 Å². The van der Waals surface area contributed by atoms with Crippen LogP contribution in [-0.4, -0.2) is 54.6 Å². The summed E-state index contributed by atoms with van der Waals surface area (Å²) in [7, 11) is 0. The molecule has 0 unspecified atom stereocenters. The van der Waals surface area contributed by atoms with Gasteiger partial charge in [-0.2, -0.15) is 0 Å².